The third-order valence-electron chi connectivity index (χ3n) is 3.66. The minimum Gasteiger partial charge on any atom is -0.463 e. The number of benzene rings is 1. The first-order valence-corrected chi connectivity index (χ1v) is 8.55. The highest BCUT2D eigenvalue weighted by Crippen LogP contribution is 2.39. The fraction of sp³-hybridized carbons (Fsp3) is 0. The molecule has 3 aromatic heterocycles. The van der Waals surface area contributed by atoms with Crippen LogP contribution in [-0.4, -0.2) is 15.9 Å². The number of aromatic nitrogens is 2. The standard InChI is InChI=1S/C19H12FN3O2S/c20-14-5-2-1-4-13(14)18(24)23-19-22-16(15-6-3-11-25-15)17(26-19)12-7-9-21-10-8-12/h1-11H,(H,22,23,24). The predicted octanol–water partition coefficient (Wildman–Crippen LogP) is 4.86. The van der Waals surface area contributed by atoms with Crippen molar-refractivity contribution >= 4 is 22.4 Å². The maximum Gasteiger partial charge on any atom is 0.260 e. The van der Waals surface area contributed by atoms with Gasteiger partial charge < -0.3 is 4.42 Å². The van der Waals surface area contributed by atoms with Gasteiger partial charge in [0.2, 0.25) is 0 Å². The van der Waals surface area contributed by atoms with E-state index in [9.17, 15) is 9.18 Å². The molecule has 128 valence electrons. The summed E-state index contributed by atoms with van der Waals surface area (Å²) in [6.07, 6.45) is 4.92. The van der Waals surface area contributed by atoms with Crippen LogP contribution in [0.15, 0.2) is 71.6 Å². The fourth-order valence-corrected chi connectivity index (χ4v) is 3.43. The first-order chi connectivity index (χ1) is 12.7. The van der Waals surface area contributed by atoms with Gasteiger partial charge in [-0.2, -0.15) is 0 Å². The Bertz CT molecular complexity index is 1050. The van der Waals surface area contributed by atoms with Crippen molar-refractivity contribution in [2.24, 2.45) is 0 Å². The van der Waals surface area contributed by atoms with Crippen molar-refractivity contribution in [2.75, 3.05) is 5.32 Å². The van der Waals surface area contributed by atoms with Crippen molar-refractivity contribution in [1.82, 2.24) is 9.97 Å². The summed E-state index contributed by atoms with van der Waals surface area (Å²) in [5.41, 5.74) is 1.47. The largest absolute Gasteiger partial charge is 0.463 e. The van der Waals surface area contributed by atoms with Crippen molar-refractivity contribution < 1.29 is 13.6 Å². The Kier molecular flexibility index (Phi) is 4.28. The van der Waals surface area contributed by atoms with Crippen LogP contribution in [0, 0.1) is 5.82 Å². The van der Waals surface area contributed by atoms with Crippen molar-refractivity contribution in [3.05, 3.63) is 78.6 Å². The molecular formula is C19H12FN3O2S. The Hall–Kier alpha value is -3.32. The smallest absolute Gasteiger partial charge is 0.260 e. The monoisotopic (exact) mass is 365 g/mol. The number of amides is 1. The fourth-order valence-electron chi connectivity index (χ4n) is 2.46. The second kappa shape index (κ2) is 6.89. The molecule has 0 unspecified atom stereocenters. The number of hydrogen-bond donors (Lipinski definition) is 1. The third-order valence-corrected chi connectivity index (χ3v) is 4.68. The summed E-state index contributed by atoms with van der Waals surface area (Å²) in [6.45, 7) is 0. The van der Waals surface area contributed by atoms with Crippen LogP contribution in [0.2, 0.25) is 0 Å². The molecule has 1 aromatic carbocycles. The van der Waals surface area contributed by atoms with Crippen molar-refractivity contribution in [2.45, 2.75) is 0 Å². The second-order valence-corrected chi connectivity index (χ2v) is 6.34. The van der Waals surface area contributed by atoms with Gasteiger partial charge in [0.05, 0.1) is 16.7 Å². The molecule has 1 amide bonds. The molecule has 0 bridgehead atoms. The van der Waals surface area contributed by atoms with E-state index in [-0.39, 0.29) is 5.56 Å². The summed E-state index contributed by atoms with van der Waals surface area (Å²) < 4.78 is 19.3. The van der Waals surface area contributed by atoms with E-state index in [0.717, 1.165) is 10.4 Å². The summed E-state index contributed by atoms with van der Waals surface area (Å²) >= 11 is 1.29. The number of hydrogen-bond acceptors (Lipinski definition) is 5. The zero-order chi connectivity index (χ0) is 17.9. The summed E-state index contributed by atoms with van der Waals surface area (Å²) in [6, 6.07) is 13.1. The zero-order valence-electron chi connectivity index (χ0n) is 13.3. The van der Waals surface area contributed by atoms with Gasteiger partial charge in [0, 0.05) is 12.4 Å². The molecule has 0 aliphatic heterocycles. The SMILES string of the molecule is O=C(Nc1nc(-c2ccco2)c(-c2ccncc2)s1)c1ccccc1F. The molecule has 0 aliphatic rings. The number of nitrogens with one attached hydrogen (secondary N) is 1. The number of furan rings is 1. The van der Waals surface area contributed by atoms with Gasteiger partial charge in [-0.05, 0) is 42.0 Å². The average molecular weight is 365 g/mol. The number of nitrogens with zero attached hydrogens (tertiary/aromatic N) is 2. The first kappa shape index (κ1) is 16.2. The Morgan fingerprint density at radius 2 is 1.88 bits per heavy atom. The molecular weight excluding hydrogens is 353 g/mol. The van der Waals surface area contributed by atoms with Crippen LogP contribution < -0.4 is 5.32 Å². The van der Waals surface area contributed by atoms with E-state index in [1.54, 1.807) is 36.9 Å². The number of halogens is 1. The second-order valence-electron chi connectivity index (χ2n) is 5.34. The maximum absolute atomic E-state index is 13.8. The molecule has 4 rings (SSSR count). The van der Waals surface area contributed by atoms with Crippen molar-refractivity contribution in [3.8, 4) is 21.9 Å². The van der Waals surface area contributed by atoms with Gasteiger partial charge in [-0.15, -0.1) is 0 Å². The molecule has 5 nitrogen and oxygen atoms in total. The minimum atomic E-state index is -0.581. The molecule has 0 fully saturated rings. The summed E-state index contributed by atoms with van der Waals surface area (Å²) in [7, 11) is 0. The van der Waals surface area contributed by atoms with Gasteiger partial charge >= 0.3 is 0 Å². The topological polar surface area (TPSA) is 68.0 Å². The Morgan fingerprint density at radius 1 is 1.08 bits per heavy atom. The summed E-state index contributed by atoms with van der Waals surface area (Å²) in [5, 5.41) is 3.02. The normalized spacial score (nSPS) is 10.7. The van der Waals surface area contributed by atoms with Crippen LogP contribution in [0.5, 0.6) is 0 Å². The van der Waals surface area contributed by atoms with Crippen LogP contribution in [-0.2, 0) is 0 Å². The highest BCUT2D eigenvalue weighted by Gasteiger charge is 2.19. The van der Waals surface area contributed by atoms with E-state index in [1.807, 2.05) is 12.1 Å². The number of thiazole rings is 1. The van der Waals surface area contributed by atoms with Gasteiger partial charge in [0.1, 0.15) is 11.5 Å². The van der Waals surface area contributed by atoms with Crippen molar-refractivity contribution in [1.29, 1.82) is 0 Å². The Morgan fingerprint density at radius 3 is 2.62 bits per heavy atom. The average Bonchev–Trinajstić information content (AvgIpc) is 3.32. The molecule has 0 spiro atoms. The van der Waals surface area contributed by atoms with Crippen molar-refractivity contribution in [3.63, 3.8) is 0 Å². The Balaban J connectivity index is 1.72. The van der Waals surface area contributed by atoms with Gasteiger partial charge in [-0.25, -0.2) is 9.37 Å². The first-order valence-electron chi connectivity index (χ1n) is 7.73. The lowest BCUT2D eigenvalue weighted by Gasteiger charge is -2.02. The van der Waals surface area contributed by atoms with Gasteiger partial charge in [0.15, 0.2) is 10.9 Å². The minimum absolute atomic E-state index is 0.0345. The van der Waals surface area contributed by atoms with E-state index in [1.165, 1.54) is 29.5 Å². The highest BCUT2D eigenvalue weighted by molar-refractivity contribution is 7.19. The lowest BCUT2D eigenvalue weighted by atomic mass is 10.2. The number of anilines is 1. The number of rotatable bonds is 4. The molecule has 1 N–H and O–H groups in total. The number of carbonyl (C=O) groups excluding carboxylic acids is 1. The molecule has 0 saturated heterocycles. The van der Waals surface area contributed by atoms with Gasteiger partial charge in [0.25, 0.3) is 5.91 Å². The van der Waals surface area contributed by atoms with Gasteiger partial charge in [-0.1, -0.05) is 23.5 Å². The molecule has 0 radical (unpaired) electrons. The van der Waals surface area contributed by atoms with Crippen LogP contribution in [0.1, 0.15) is 10.4 Å². The van der Waals surface area contributed by atoms with Crippen LogP contribution >= 0.6 is 11.3 Å². The lowest BCUT2D eigenvalue weighted by Crippen LogP contribution is -2.13. The number of carbonyl (C=O) groups is 1. The molecule has 3 heterocycles. The highest BCUT2D eigenvalue weighted by atomic mass is 32.1. The third kappa shape index (κ3) is 3.12. The zero-order valence-corrected chi connectivity index (χ0v) is 14.2. The molecule has 0 atom stereocenters. The molecule has 7 heteroatoms. The summed E-state index contributed by atoms with van der Waals surface area (Å²) in [5.74, 6) is -0.550. The van der Waals surface area contributed by atoms with Crippen LogP contribution in [0.25, 0.3) is 21.9 Å². The quantitative estimate of drug-likeness (QED) is 0.561. The molecule has 4 aromatic rings. The number of pyridine rings is 1. The van der Waals surface area contributed by atoms with E-state index in [0.29, 0.717) is 16.6 Å². The van der Waals surface area contributed by atoms with Crippen LogP contribution in [0.4, 0.5) is 9.52 Å². The van der Waals surface area contributed by atoms with E-state index in [4.69, 9.17) is 4.42 Å². The molecule has 26 heavy (non-hydrogen) atoms. The lowest BCUT2D eigenvalue weighted by molar-refractivity contribution is 0.102. The molecule has 0 saturated carbocycles. The van der Waals surface area contributed by atoms with Gasteiger partial charge in [-0.3, -0.25) is 15.1 Å². The maximum atomic E-state index is 13.8. The van der Waals surface area contributed by atoms with Crippen LogP contribution in [0.3, 0.4) is 0 Å². The molecule has 0 aliphatic carbocycles. The summed E-state index contributed by atoms with van der Waals surface area (Å²) in [4.78, 5) is 21.7. The Labute approximate surface area is 152 Å². The van der Waals surface area contributed by atoms with E-state index < -0.39 is 11.7 Å². The van der Waals surface area contributed by atoms with E-state index >= 15 is 0 Å². The van der Waals surface area contributed by atoms with E-state index in [2.05, 4.69) is 15.3 Å². The predicted molar refractivity (Wildman–Crippen MR) is 97.4 cm³/mol.